The Hall–Kier alpha value is -2.94. The number of non-ortho nitro benzene ring substituents is 1. The molecule has 3 atom stereocenters. The van der Waals surface area contributed by atoms with Crippen molar-refractivity contribution in [2.75, 3.05) is 44.3 Å². The zero-order valence-corrected chi connectivity index (χ0v) is 22.2. The molecule has 3 N–H and O–H groups in total. The lowest BCUT2D eigenvalue weighted by atomic mass is 10.1. The molecule has 3 rings (SSSR count). The number of amides is 2. The smallest absolute Gasteiger partial charge is 0.410 e. The van der Waals surface area contributed by atoms with E-state index in [1.54, 1.807) is 0 Å². The summed E-state index contributed by atoms with van der Waals surface area (Å²) < 4.78 is 10.4. The van der Waals surface area contributed by atoms with Gasteiger partial charge in [0.05, 0.1) is 24.2 Å². The average Bonchev–Trinajstić information content (AvgIpc) is 3.26. The zero-order chi connectivity index (χ0) is 27.5. The normalized spacial score (nSPS) is 21.6. The van der Waals surface area contributed by atoms with Crippen molar-refractivity contribution in [2.24, 2.45) is 0 Å². The highest BCUT2D eigenvalue weighted by atomic mass is 32.2. The van der Waals surface area contributed by atoms with Crippen molar-refractivity contribution in [3.8, 4) is 0 Å². The maximum Gasteiger partial charge on any atom is 0.410 e. The molecule has 13 nitrogen and oxygen atoms in total. The molecule has 0 aromatic heterocycles. The molecule has 38 heavy (non-hydrogen) atoms. The van der Waals surface area contributed by atoms with E-state index in [4.69, 9.17) is 9.47 Å². The van der Waals surface area contributed by atoms with E-state index in [1.165, 1.54) is 47.9 Å². The number of nitro benzene ring substituents is 1. The van der Waals surface area contributed by atoms with Gasteiger partial charge in [-0.2, -0.15) is 11.8 Å². The molecule has 2 heterocycles. The van der Waals surface area contributed by atoms with Crippen LogP contribution in [0.1, 0.15) is 31.7 Å². The van der Waals surface area contributed by atoms with Crippen molar-refractivity contribution in [1.82, 2.24) is 20.7 Å². The first-order chi connectivity index (χ1) is 18.2. The van der Waals surface area contributed by atoms with Crippen LogP contribution >= 0.6 is 11.8 Å². The van der Waals surface area contributed by atoms with Gasteiger partial charge in [-0.1, -0.05) is 0 Å². The van der Waals surface area contributed by atoms with Gasteiger partial charge in [0.25, 0.3) is 5.69 Å². The Bertz CT molecular complexity index is 966. The van der Waals surface area contributed by atoms with Gasteiger partial charge in [0.15, 0.2) is 0 Å². The van der Waals surface area contributed by atoms with Crippen LogP contribution in [-0.2, 0) is 25.7 Å². The highest BCUT2D eigenvalue weighted by Crippen LogP contribution is 2.23. The second-order valence-corrected chi connectivity index (χ2v) is 10.4. The fourth-order valence-corrected chi connectivity index (χ4v) is 5.40. The molecule has 2 fully saturated rings. The summed E-state index contributed by atoms with van der Waals surface area (Å²) in [6, 6.07) is 5.58. The lowest BCUT2D eigenvalue weighted by molar-refractivity contribution is -0.384. The Morgan fingerprint density at radius 1 is 1.24 bits per heavy atom. The summed E-state index contributed by atoms with van der Waals surface area (Å²) in [5.41, 5.74) is 3.53. The Labute approximate surface area is 225 Å². The van der Waals surface area contributed by atoms with E-state index in [0.717, 1.165) is 6.54 Å². The zero-order valence-electron chi connectivity index (χ0n) is 21.4. The number of carbonyl (C=O) groups is 3. The monoisotopic (exact) mass is 553 g/mol. The fourth-order valence-electron chi connectivity index (χ4n) is 4.32. The molecule has 1 unspecified atom stereocenters. The molecule has 2 aliphatic rings. The Kier molecular flexibility index (Phi) is 11.6. The summed E-state index contributed by atoms with van der Waals surface area (Å²) in [6.07, 6.45) is 0.137. The largest absolute Gasteiger partial charge is 0.466 e. The summed E-state index contributed by atoms with van der Waals surface area (Å²) in [6.45, 7) is 3.90. The van der Waals surface area contributed by atoms with Gasteiger partial charge in [0.1, 0.15) is 6.61 Å². The highest BCUT2D eigenvalue weighted by molar-refractivity contribution is 7.99. The summed E-state index contributed by atoms with van der Waals surface area (Å²) in [4.78, 5) is 47.9. The number of benzene rings is 1. The van der Waals surface area contributed by atoms with Gasteiger partial charge in [-0.3, -0.25) is 25.1 Å². The number of piperazine rings is 1. The summed E-state index contributed by atoms with van der Waals surface area (Å²) in [5.74, 6) is 0.666. The van der Waals surface area contributed by atoms with Crippen molar-refractivity contribution >= 4 is 35.4 Å². The number of hydrogen-bond donors (Lipinski definition) is 3. The van der Waals surface area contributed by atoms with Gasteiger partial charge < -0.3 is 24.8 Å². The minimum Gasteiger partial charge on any atom is -0.466 e. The molecule has 1 aromatic rings. The molecule has 1 aromatic carbocycles. The number of nitro groups is 1. The van der Waals surface area contributed by atoms with Gasteiger partial charge in [-0.05, 0) is 24.1 Å². The number of aliphatic hydroxyl groups is 1. The van der Waals surface area contributed by atoms with Crippen molar-refractivity contribution in [3.05, 3.63) is 39.9 Å². The third-order valence-electron chi connectivity index (χ3n) is 6.29. The van der Waals surface area contributed by atoms with E-state index in [-0.39, 0.29) is 42.8 Å². The van der Waals surface area contributed by atoms with Crippen LogP contribution in [0.15, 0.2) is 24.3 Å². The molecule has 0 saturated carbocycles. The van der Waals surface area contributed by atoms with E-state index < -0.39 is 17.1 Å². The van der Waals surface area contributed by atoms with Gasteiger partial charge in [0, 0.05) is 75.1 Å². The lowest BCUT2D eigenvalue weighted by Crippen LogP contribution is -2.58. The summed E-state index contributed by atoms with van der Waals surface area (Å²) in [5, 5.41) is 26.0. The van der Waals surface area contributed by atoms with Gasteiger partial charge in [0.2, 0.25) is 5.91 Å². The van der Waals surface area contributed by atoms with Crippen molar-refractivity contribution < 1.29 is 33.9 Å². The third-order valence-corrected chi connectivity index (χ3v) is 7.41. The number of hydrazine groups is 1. The van der Waals surface area contributed by atoms with Crippen LogP contribution in [0.5, 0.6) is 0 Å². The number of nitrogens with one attached hydrogen (secondary N) is 2. The number of esters is 1. The molecule has 14 heteroatoms. The number of aliphatic hydroxyl groups excluding tert-OH is 1. The molecule has 2 saturated heterocycles. The molecule has 2 aliphatic heterocycles. The van der Waals surface area contributed by atoms with Crippen molar-refractivity contribution in [3.63, 3.8) is 0 Å². The molecule has 0 aliphatic carbocycles. The van der Waals surface area contributed by atoms with Crippen LogP contribution in [0.25, 0.3) is 0 Å². The van der Waals surface area contributed by atoms with Crippen LogP contribution in [0.2, 0.25) is 0 Å². The van der Waals surface area contributed by atoms with E-state index >= 15 is 0 Å². The number of carbonyl (C=O) groups excluding carboxylic acids is 3. The molecule has 2 amide bonds. The van der Waals surface area contributed by atoms with Crippen molar-refractivity contribution in [2.45, 2.75) is 51.0 Å². The number of likely N-dealkylation sites (tertiary alicyclic amines) is 1. The molecule has 0 spiro atoms. The fraction of sp³-hybridized carbons (Fsp3) is 0.625. The number of β-amino-alcohol motifs (C(OH)–C–C–N with tert-alkyl or cyclic N) is 1. The maximum absolute atomic E-state index is 12.6. The molecular weight excluding hydrogens is 518 g/mol. The summed E-state index contributed by atoms with van der Waals surface area (Å²) >= 11 is 1.53. The predicted octanol–water partition coefficient (Wildman–Crippen LogP) is 1.05. The standard InChI is InChI=1S/C24H35N5O8S/c1-17(30)36-10-6-20-13-25-8-9-28(20)26-23(32)7-11-38-16-21-12-22(31)14-27(21)24(33)37-15-18-2-4-19(5-3-18)29(34)35/h2-5,20-22,25,31H,6-16H2,1H3,(H,26,32)/t20?,21-,22-/m0/s1. The van der Waals surface area contributed by atoms with Crippen LogP contribution in [-0.4, -0.2) is 100 Å². The molecule has 0 radical (unpaired) electrons. The Morgan fingerprint density at radius 2 is 2.00 bits per heavy atom. The van der Waals surface area contributed by atoms with Crippen LogP contribution in [0.4, 0.5) is 10.5 Å². The van der Waals surface area contributed by atoms with E-state index in [1.807, 2.05) is 5.01 Å². The van der Waals surface area contributed by atoms with Crippen molar-refractivity contribution in [1.29, 1.82) is 0 Å². The first-order valence-corrected chi connectivity index (χ1v) is 13.7. The van der Waals surface area contributed by atoms with Gasteiger partial charge in [-0.15, -0.1) is 0 Å². The van der Waals surface area contributed by atoms with E-state index in [2.05, 4.69) is 10.7 Å². The predicted molar refractivity (Wildman–Crippen MR) is 139 cm³/mol. The molecule has 210 valence electrons. The average molecular weight is 554 g/mol. The Morgan fingerprint density at radius 3 is 2.71 bits per heavy atom. The second-order valence-electron chi connectivity index (χ2n) is 9.21. The van der Waals surface area contributed by atoms with Crippen LogP contribution in [0, 0.1) is 10.1 Å². The number of nitrogens with zero attached hydrogens (tertiary/aromatic N) is 3. The Balaban J connectivity index is 1.38. The minimum absolute atomic E-state index is 0.0304. The summed E-state index contributed by atoms with van der Waals surface area (Å²) in [7, 11) is 0. The first kappa shape index (κ1) is 29.6. The molecule has 0 bridgehead atoms. The number of rotatable bonds is 12. The second kappa shape index (κ2) is 14.9. The highest BCUT2D eigenvalue weighted by Gasteiger charge is 2.35. The topological polar surface area (TPSA) is 164 Å². The number of hydrogen-bond acceptors (Lipinski definition) is 11. The third kappa shape index (κ3) is 9.42. The maximum atomic E-state index is 12.6. The van der Waals surface area contributed by atoms with Crippen LogP contribution in [0.3, 0.4) is 0 Å². The van der Waals surface area contributed by atoms with Gasteiger partial charge in [-0.25, -0.2) is 9.80 Å². The van der Waals surface area contributed by atoms with Gasteiger partial charge >= 0.3 is 12.1 Å². The van der Waals surface area contributed by atoms with Crippen LogP contribution < -0.4 is 10.7 Å². The van der Waals surface area contributed by atoms with E-state index in [9.17, 15) is 29.6 Å². The molecular formula is C24H35N5O8S. The quantitative estimate of drug-likeness (QED) is 0.147. The lowest BCUT2D eigenvalue weighted by Gasteiger charge is -2.36. The van der Waals surface area contributed by atoms with E-state index in [0.29, 0.717) is 56.0 Å². The SMILES string of the molecule is CC(=O)OCCC1CNCCN1NC(=O)CCSC[C@@H]1C[C@H](O)CN1C(=O)OCc1ccc([N+](=O)[O-])cc1. The number of thioether (sulfide) groups is 1. The number of ether oxygens (including phenoxy) is 2. The first-order valence-electron chi connectivity index (χ1n) is 12.6. The minimum atomic E-state index is -0.646.